The third-order valence-electron chi connectivity index (χ3n) is 5.48. The highest BCUT2D eigenvalue weighted by atomic mass is 32.1. The number of aliphatic carboxylic acids is 1. The van der Waals surface area contributed by atoms with E-state index in [2.05, 4.69) is 33.6 Å². The molecular weight excluding hydrogens is 446 g/mol. The second-order valence-electron chi connectivity index (χ2n) is 7.90. The molecule has 0 saturated heterocycles. The minimum atomic E-state index is -1.19. The number of aromatic nitrogens is 1. The Bertz CT molecular complexity index is 994. The second-order valence-corrected chi connectivity index (χ2v) is 8.27. The molecule has 1 aromatic carbocycles. The highest BCUT2D eigenvalue weighted by Crippen LogP contribution is 2.19. The van der Waals surface area contributed by atoms with Crippen molar-refractivity contribution in [1.82, 2.24) is 20.9 Å². The summed E-state index contributed by atoms with van der Waals surface area (Å²) >= 11 is 3.93. The maximum absolute atomic E-state index is 13.0. The Morgan fingerprint density at radius 1 is 1.15 bits per heavy atom. The molecule has 0 aliphatic heterocycles. The maximum atomic E-state index is 13.0. The van der Waals surface area contributed by atoms with E-state index < -0.39 is 41.8 Å². The summed E-state index contributed by atoms with van der Waals surface area (Å²) < 4.78 is 0. The van der Waals surface area contributed by atoms with Gasteiger partial charge in [0, 0.05) is 29.3 Å². The molecule has 7 N–H and O–H groups in total. The van der Waals surface area contributed by atoms with Gasteiger partial charge in [-0.25, -0.2) is 4.79 Å². The molecule has 1 heterocycles. The first-order chi connectivity index (χ1) is 15.7. The number of amides is 3. The molecule has 180 valence electrons. The second kappa shape index (κ2) is 12.3. The SMILES string of the molecule is CCC(C)C(NC(=O)CNC(=O)C(N)CS)C(=O)NC(Cc1c[nH]c2ccccc12)C(=O)O. The first-order valence-corrected chi connectivity index (χ1v) is 11.3. The van der Waals surface area contributed by atoms with Crippen LogP contribution in [0.25, 0.3) is 10.9 Å². The number of carboxylic acids is 1. The van der Waals surface area contributed by atoms with Crippen molar-refractivity contribution in [3.8, 4) is 0 Å². The van der Waals surface area contributed by atoms with Crippen LogP contribution >= 0.6 is 12.6 Å². The van der Waals surface area contributed by atoms with E-state index in [0.717, 1.165) is 16.5 Å². The molecule has 2 aromatic rings. The standard InChI is InChI=1S/C22H31N5O5S/c1-3-12(2)19(27-18(28)10-25-20(29)15(23)11-33)21(30)26-17(22(31)32)8-13-9-24-16-7-5-4-6-14(13)16/h4-7,9,12,15,17,19,24,33H,3,8,10-11,23H2,1-2H3,(H,25,29)(H,26,30)(H,27,28)(H,31,32). The molecule has 0 spiro atoms. The predicted molar refractivity (Wildman–Crippen MR) is 128 cm³/mol. The highest BCUT2D eigenvalue weighted by Gasteiger charge is 2.30. The summed E-state index contributed by atoms with van der Waals surface area (Å²) in [5.74, 6) is -3.06. The van der Waals surface area contributed by atoms with Crippen molar-refractivity contribution in [1.29, 1.82) is 0 Å². The van der Waals surface area contributed by atoms with Crippen molar-refractivity contribution in [2.75, 3.05) is 12.3 Å². The Balaban J connectivity index is 2.07. The number of hydrogen-bond donors (Lipinski definition) is 7. The fraction of sp³-hybridized carbons (Fsp3) is 0.455. The van der Waals surface area contributed by atoms with Crippen molar-refractivity contribution in [3.63, 3.8) is 0 Å². The molecule has 0 aliphatic rings. The zero-order chi connectivity index (χ0) is 24.5. The number of aromatic amines is 1. The Morgan fingerprint density at radius 2 is 1.85 bits per heavy atom. The zero-order valence-electron chi connectivity index (χ0n) is 18.6. The first-order valence-electron chi connectivity index (χ1n) is 10.7. The minimum absolute atomic E-state index is 0.0733. The summed E-state index contributed by atoms with van der Waals surface area (Å²) in [5, 5.41) is 18.1. The van der Waals surface area contributed by atoms with E-state index in [0.29, 0.717) is 6.42 Å². The molecule has 3 amide bonds. The summed E-state index contributed by atoms with van der Waals surface area (Å²) in [4.78, 5) is 52.0. The summed E-state index contributed by atoms with van der Waals surface area (Å²) in [6.45, 7) is 3.26. The van der Waals surface area contributed by atoms with Gasteiger partial charge in [-0.1, -0.05) is 38.5 Å². The molecule has 10 nitrogen and oxygen atoms in total. The molecule has 4 unspecified atom stereocenters. The van der Waals surface area contributed by atoms with Gasteiger partial charge in [-0.15, -0.1) is 0 Å². The van der Waals surface area contributed by atoms with Crippen LogP contribution in [0.3, 0.4) is 0 Å². The number of rotatable bonds is 12. The van der Waals surface area contributed by atoms with Crippen LogP contribution in [-0.2, 0) is 25.6 Å². The number of thiol groups is 1. The number of nitrogens with two attached hydrogens (primary N) is 1. The van der Waals surface area contributed by atoms with Crippen LogP contribution < -0.4 is 21.7 Å². The first kappa shape index (κ1) is 26.2. The maximum Gasteiger partial charge on any atom is 0.326 e. The number of carbonyl (C=O) groups is 4. The lowest BCUT2D eigenvalue weighted by Gasteiger charge is -2.25. The number of para-hydroxylation sites is 1. The van der Waals surface area contributed by atoms with Crippen molar-refractivity contribution in [2.24, 2.45) is 11.7 Å². The van der Waals surface area contributed by atoms with Gasteiger partial charge in [0.25, 0.3) is 0 Å². The number of fused-ring (bicyclic) bond motifs is 1. The number of benzene rings is 1. The molecule has 2 rings (SSSR count). The summed E-state index contributed by atoms with van der Waals surface area (Å²) in [7, 11) is 0. The van der Waals surface area contributed by atoms with E-state index in [1.54, 1.807) is 13.1 Å². The lowest BCUT2D eigenvalue weighted by Crippen LogP contribution is -2.56. The lowest BCUT2D eigenvalue weighted by molar-refractivity contribution is -0.142. The summed E-state index contributed by atoms with van der Waals surface area (Å²) in [6.07, 6.45) is 2.36. The molecule has 0 fully saturated rings. The molecule has 11 heteroatoms. The van der Waals surface area contributed by atoms with E-state index in [1.165, 1.54) is 0 Å². The van der Waals surface area contributed by atoms with Crippen LogP contribution in [0, 0.1) is 5.92 Å². The zero-order valence-corrected chi connectivity index (χ0v) is 19.5. The summed E-state index contributed by atoms with van der Waals surface area (Å²) in [6, 6.07) is 4.46. The van der Waals surface area contributed by atoms with E-state index in [9.17, 15) is 24.3 Å². The third kappa shape index (κ3) is 7.22. The van der Waals surface area contributed by atoms with Gasteiger partial charge in [-0.05, 0) is 17.5 Å². The molecule has 4 atom stereocenters. The van der Waals surface area contributed by atoms with Crippen molar-refractivity contribution in [2.45, 2.75) is 44.8 Å². The molecule has 0 radical (unpaired) electrons. The van der Waals surface area contributed by atoms with Crippen LogP contribution in [-0.4, -0.2) is 64.2 Å². The van der Waals surface area contributed by atoms with Crippen molar-refractivity contribution in [3.05, 3.63) is 36.0 Å². The third-order valence-corrected chi connectivity index (χ3v) is 5.88. The van der Waals surface area contributed by atoms with E-state index >= 15 is 0 Å². The normalized spacial score (nSPS) is 14.7. The van der Waals surface area contributed by atoms with Gasteiger partial charge in [0.1, 0.15) is 12.1 Å². The van der Waals surface area contributed by atoms with Gasteiger partial charge in [0.2, 0.25) is 17.7 Å². The van der Waals surface area contributed by atoms with Crippen molar-refractivity contribution < 1.29 is 24.3 Å². The van der Waals surface area contributed by atoms with Gasteiger partial charge in [0.15, 0.2) is 0 Å². The van der Waals surface area contributed by atoms with Gasteiger partial charge in [-0.3, -0.25) is 14.4 Å². The molecule has 33 heavy (non-hydrogen) atoms. The Labute approximate surface area is 197 Å². The number of carboxylic acid groups (broad SMARTS) is 1. The largest absolute Gasteiger partial charge is 0.480 e. The molecular formula is C22H31N5O5S. The molecule has 0 aliphatic carbocycles. The number of carbonyl (C=O) groups excluding carboxylic acids is 3. The smallest absolute Gasteiger partial charge is 0.326 e. The Morgan fingerprint density at radius 3 is 2.48 bits per heavy atom. The average Bonchev–Trinajstić information content (AvgIpc) is 3.22. The van der Waals surface area contributed by atoms with E-state index in [-0.39, 0.29) is 24.6 Å². The summed E-state index contributed by atoms with van der Waals surface area (Å²) in [5.41, 5.74) is 7.18. The van der Waals surface area contributed by atoms with Crippen molar-refractivity contribution >= 4 is 47.2 Å². The van der Waals surface area contributed by atoms with Crippen LogP contribution in [0.4, 0.5) is 0 Å². The van der Waals surface area contributed by atoms with Crippen LogP contribution in [0.2, 0.25) is 0 Å². The topological polar surface area (TPSA) is 166 Å². The fourth-order valence-electron chi connectivity index (χ4n) is 3.29. The molecule has 0 saturated carbocycles. The van der Waals surface area contributed by atoms with Gasteiger partial charge in [-0.2, -0.15) is 12.6 Å². The van der Waals surface area contributed by atoms with Gasteiger partial charge < -0.3 is 31.8 Å². The molecule has 1 aromatic heterocycles. The lowest BCUT2D eigenvalue weighted by atomic mass is 9.97. The number of nitrogens with one attached hydrogen (secondary N) is 4. The van der Waals surface area contributed by atoms with E-state index in [4.69, 9.17) is 5.73 Å². The van der Waals surface area contributed by atoms with Gasteiger partial charge >= 0.3 is 5.97 Å². The van der Waals surface area contributed by atoms with Crippen LogP contribution in [0.5, 0.6) is 0 Å². The Kier molecular flexibility index (Phi) is 9.74. The van der Waals surface area contributed by atoms with E-state index in [1.807, 2.05) is 31.2 Å². The van der Waals surface area contributed by atoms with Crippen LogP contribution in [0.15, 0.2) is 30.5 Å². The van der Waals surface area contributed by atoms with Gasteiger partial charge in [0.05, 0.1) is 12.6 Å². The monoisotopic (exact) mass is 477 g/mol. The number of H-pyrrole nitrogens is 1. The predicted octanol–water partition coefficient (Wildman–Crippen LogP) is 0.184. The molecule has 0 bridgehead atoms. The number of hydrogen-bond acceptors (Lipinski definition) is 6. The quantitative estimate of drug-likeness (QED) is 0.215. The highest BCUT2D eigenvalue weighted by molar-refractivity contribution is 7.80. The Hall–Kier alpha value is -3.05. The minimum Gasteiger partial charge on any atom is -0.480 e. The van der Waals surface area contributed by atoms with Crippen LogP contribution in [0.1, 0.15) is 25.8 Å². The average molecular weight is 478 g/mol. The fourth-order valence-corrected chi connectivity index (χ4v) is 3.46.